The van der Waals surface area contributed by atoms with E-state index in [-0.39, 0.29) is 17.5 Å². The van der Waals surface area contributed by atoms with Crippen molar-refractivity contribution in [1.29, 1.82) is 0 Å². The van der Waals surface area contributed by atoms with Gasteiger partial charge >= 0.3 is 0 Å². The fourth-order valence-electron chi connectivity index (χ4n) is 3.95. The van der Waals surface area contributed by atoms with E-state index in [0.29, 0.717) is 34.9 Å². The normalized spacial score (nSPS) is 14.5. The molecule has 1 amide bonds. The fourth-order valence-corrected chi connectivity index (χ4v) is 3.95. The molecule has 0 aliphatic carbocycles. The van der Waals surface area contributed by atoms with E-state index in [1.807, 2.05) is 12.1 Å². The number of anilines is 2. The maximum absolute atomic E-state index is 12.9. The average Bonchev–Trinajstić information content (AvgIpc) is 2.79. The Morgan fingerprint density at radius 1 is 1.00 bits per heavy atom. The van der Waals surface area contributed by atoms with Gasteiger partial charge in [0.2, 0.25) is 5.91 Å². The van der Waals surface area contributed by atoms with Crippen molar-refractivity contribution in [3.05, 3.63) is 76.3 Å². The smallest absolute Gasteiger partial charge is 0.277 e. The summed E-state index contributed by atoms with van der Waals surface area (Å²) in [7, 11) is 0. The first-order valence-electron chi connectivity index (χ1n) is 9.84. The number of aldehydes is 1. The Morgan fingerprint density at radius 2 is 1.67 bits per heavy atom. The van der Waals surface area contributed by atoms with Crippen molar-refractivity contribution in [2.24, 2.45) is 5.92 Å². The van der Waals surface area contributed by atoms with E-state index in [2.05, 4.69) is 10.2 Å². The lowest BCUT2D eigenvalue weighted by Crippen LogP contribution is -2.38. The van der Waals surface area contributed by atoms with Crippen LogP contribution in [-0.2, 0) is 4.79 Å². The number of piperidine rings is 1. The zero-order valence-corrected chi connectivity index (χ0v) is 16.3. The van der Waals surface area contributed by atoms with Crippen LogP contribution in [0.5, 0.6) is 0 Å². The summed E-state index contributed by atoms with van der Waals surface area (Å²) in [5.74, 6) is -0.186. The molecule has 0 spiro atoms. The molecule has 1 aliphatic rings. The predicted molar refractivity (Wildman–Crippen MR) is 116 cm³/mol. The van der Waals surface area contributed by atoms with Gasteiger partial charge in [-0.25, -0.2) is 0 Å². The Morgan fingerprint density at radius 3 is 2.30 bits per heavy atom. The van der Waals surface area contributed by atoms with Crippen molar-refractivity contribution < 1.29 is 14.5 Å². The van der Waals surface area contributed by atoms with Gasteiger partial charge in [-0.1, -0.05) is 18.2 Å². The first-order chi connectivity index (χ1) is 14.6. The highest BCUT2D eigenvalue weighted by Crippen LogP contribution is 2.32. The van der Waals surface area contributed by atoms with E-state index in [1.54, 1.807) is 42.5 Å². The number of non-ortho nitro benzene ring substituents is 1. The average molecular weight is 403 g/mol. The van der Waals surface area contributed by atoms with Crippen LogP contribution >= 0.6 is 0 Å². The Hall–Kier alpha value is -3.74. The van der Waals surface area contributed by atoms with E-state index in [1.165, 1.54) is 6.07 Å². The molecule has 1 saturated heterocycles. The molecule has 0 saturated carbocycles. The van der Waals surface area contributed by atoms with Crippen molar-refractivity contribution in [3.8, 4) is 0 Å². The fraction of sp³-hybridized carbons (Fsp3) is 0.217. The number of fused-ring (bicyclic) bond motifs is 1. The van der Waals surface area contributed by atoms with Crippen molar-refractivity contribution in [2.75, 3.05) is 23.3 Å². The Balaban J connectivity index is 1.45. The molecule has 0 unspecified atom stereocenters. The van der Waals surface area contributed by atoms with Crippen molar-refractivity contribution in [2.45, 2.75) is 12.8 Å². The summed E-state index contributed by atoms with van der Waals surface area (Å²) in [4.78, 5) is 36.7. The molecule has 0 atom stereocenters. The Kier molecular flexibility index (Phi) is 5.43. The molecule has 3 aromatic rings. The minimum atomic E-state index is -0.411. The molecule has 7 heteroatoms. The van der Waals surface area contributed by atoms with E-state index >= 15 is 0 Å². The molecule has 1 heterocycles. The lowest BCUT2D eigenvalue weighted by atomic mass is 9.95. The minimum Gasteiger partial charge on any atom is -0.371 e. The number of carbonyl (C=O) groups is 2. The van der Waals surface area contributed by atoms with Crippen LogP contribution in [0.15, 0.2) is 60.7 Å². The van der Waals surface area contributed by atoms with Crippen LogP contribution in [-0.4, -0.2) is 30.2 Å². The minimum absolute atomic E-state index is 0.0255. The summed E-state index contributed by atoms with van der Waals surface area (Å²) in [5.41, 5.74) is 2.30. The predicted octanol–water partition coefficient (Wildman–Crippen LogP) is 4.42. The maximum atomic E-state index is 12.9. The monoisotopic (exact) mass is 403 g/mol. The van der Waals surface area contributed by atoms with Gasteiger partial charge in [0.1, 0.15) is 6.29 Å². The van der Waals surface area contributed by atoms with Crippen LogP contribution in [0.3, 0.4) is 0 Å². The van der Waals surface area contributed by atoms with Crippen LogP contribution in [0, 0.1) is 16.0 Å². The topological polar surface area (TPSA) is 92.6 Å². The summed E-state index contributed by atoms with van der Waals surface area (Å²) in [6.45, 7) is 1.50. The van der Waals surface area contributed by atoms with Gasteiger partial charge in [-0.15, -0.1) is 0 Å². The van der Waals surface area contributed by atoms with Crippen LogP contribution in [0.2, 0.25) is 0 Å². The summed E-state index contributed by atoms with van der Waals surface area (Å²) in [6.07, 6.45) is 2.25. The van der Waals surface area contributed by atoms with Gasteiger partial charge in [0, 0.05) is 47.4 Å². The summed E-state index contributed by atoms with van der Waals surface area (Å²) in [5, 5.41) is 15.4. The molecule has 4 rings (SSSR count). The molecule has 0 aromatic heterocycles. The summed E-state index contributed by atoms with van der Waals surface area (Å²) >= 11 is 0. The SMILES string of the molecule is O=Cc1ccc(N2CCC(C(=O)Nc3ccc([N+](=O)[O-])c4ccccc34)CC2)cc1. The molecule has 1 aliphatic heterocycles. The van der Waals surface area contributed by atoms with Gasteiger partial charge in [0.05, 0.1) is 10.3 Å². The van der Waals surface area contributed by atoms with Crippen LogP contribution in [0.25, 0.3) is 10.8 Å². The van der Waals surface area contributed by atoms with Gasteiger partial charge in [-0.05, 0) is 49.2 Å². The third kappa shape index (κ3) is 3.87. The number of hydrogen-bond acceptors (Lipinski definition) is 5. The Bertz CT molecular complexity index is 1100. The lowest BCUT2D eigenvalue weighted by molar-refractivity contribution is -0.383. The number of carbonyl (C=O) groups excluding carboxylic acids is 2. The van der Waals surface area contributed by atoms with Gasteiger partial charge in [-0.3, -0.25) is 19.7 Å². The van der Waals surface area contributed by atoms with Crippen molar-refractivity contribution >= 4 is 40.0 Å². The van der Waals surface area contributed by atoms with Crippen LogP contribution in [0.1, 0.15) is 23.2 Å². The number of benzene rings is 3. The number of nitrogens with one attached hydrogen (secondary N) is 1. The number of nitro groups is 1. The summed E-state index contributed by atoms with van der Waals surface area (Å²) in [6, 6.07) is 17.5. The molecule has 7 nitrogen and oxygen atoms in total. The first-order valence-corrected chi connectivity index (χ1v) is 9.84. The number of nitro benzene ring substituents is 1. The highest BCUT2D eigenvalue weighted by Gasteiger charge is 2.26. The van der Waals surface area contributed by atoms with E-state index < -0.39 is 4.92 Å². The second-order valence-corrected chi connectivity index (χ2v) is 7.39. The number of hydrogen-bond donors (Lipinski definition) is 1. The number of amides is 1. The van der Waals surface area contributed by atoms with Gasteiger partial charge in [-0.2, -0.15) is 0 Å². The molecule has 0 radical (unpaired) electrons. The van der Waals surface area contributed by atoms with Gasteiger partial charge < -0.3 is 10.2 Å². The van der Waals surface area contributed by atoms with E-state index in [4.69, 9.17) is 0 Å². The third-order valence-electron chi connectivity index (χ3n) is 5.62. The van der Waals surface area contributed by atoms with Gasteiger partial charge in [0.25, 0.3) is 5.69 Å². The second kappa shape index (κ2) is 8.32. The van der Waals surface area contributed by atoms with Crippen LogP contribution < -0.4 is 10.2 Å². The molecular weight excluding hydrogens is 382 g/mol. The maximum Gasteiger partial charge on any atom is 0.277 e. The molecule has 30 heavy (non-hydrogen) atoms. The molecule has 152 valence electrons. The van der Waals surface area contributed by atoms with E-state index in [0.717, 1.165) is 25.1 Å². The van der Waals surface area contributed by atoms with Crippen molar-refractivity contribution in [3.63, 3.8) is 0 Å². The van der Waals surface area contributed by atoms with Crippen LogP contribution in [0.4, 0.5) is 17.1 Å². The number of nitrogens with zero attached hydrogens (tertiary/aromatic N) is 2. The highest BCUT2D eigenvalue weighted by atomic mass is 16.6. The van der Waals surface area contributed by atoms with Crippen molar-refractivity contribution in [1.82, 2.24) is 0 Å². The Labute approximate surface area is 173 Å². The third-order valence-corrected chi connectivity index (χ3v) is 5.62. The zero-order chi connectivity index (χ0) is 21.1. The molecule has 0 bridgehead atoms. The number of rotatable bonds is 5. The lowest BCUT2D eigenvalue weighted by Gasteiger charge is -2.33. The molecule has 1 fully saturated rings. The first kappa shape index (κ1) is 19.6. The molecule has 1 N–H and O–H groups in total. The standard InChI is InChI=1S/C23H21N3O4/c27-15-16-5-7-18(8-6-16)25-13-11-17(12-14-25)23(28)24-21-9-10-22(26(29)30)20-4-2-1-3-19(20)21/h1-10,15,17H,11-14H2,(H,24,28). The molecular formula is C23H21N3O4. The highest BCUT2D eigenvalue weighted by molar-refractivity contribution is 6.05. The molecule has 3 aromatic carbocycles. The zero-order valence-electron chi connectivity index (χ0n) is 16.3. The second-order valence-electron chi connectivity index (χ2n) is 7.39. The largest absolute Gasteiger partial charge is 0.371 e. The quantitative estimate of drug-likeness (QED) is 0.387. The summed E-state index contributed by atoms with van der Waals surface area (Å²) < 4.78 is 0. The van der Waals surface area contributed by atoms with E-state index in [9.17, 15) is 19.7 Å². The van der Waals surface area contributed by atoms with Gasteiger partial charge in [0.15, 0.2) is 0 Å².